The maximum Gasteiger partial charge on any atom is 0.271 e. The monoisotopic (exact) mass is 385 g/mol. The molecule has 0 aliphatic heterocycles. The number of nitrogens with zero attached hydrogens (tertiary/aromatic N) is 2. The summed E-state index contributed by atoms with van der Waals surface area (Å²) in [5.74, 6) is 0.467. The number of non-ortho nitro benzene ring substituents is 1. The molecule has 8 nitrogen and oxygen atoms in total. The fourth-order valence-corrected chi connectivity index (χ4v) is 2.83. The molecule has 3 aromatic rings. The molecule has 1 amide bonds. The van der Waals surface area contributed by atoms with Crippen LogP contribution in [0.2, 0.25) is 0 Å². The molecule has 0 spiro atoms. The summed E-state index contributed by atoms with van der Waals surface area (Å²) < 4.78 is 11.0. The lowest BCUT2D eigenvalue weighted by Gasteiger charge is -2.12. The third kappa shape index (κ3) is 4.59. The zero-order chi connectivity index (χ0) is 19.2. The minimum absolute atomic E-state index is 0.101. The second-order valence-electron chi connectivity index (χ2n) is 5.40. The smallest absolute Gasteiger partial charge is 0.271 e. The van der Waals surface area contributed by atoms with E-state index in [2.05, 4.69) is 10.3 Å². The first-order chi connectivity index (χ1) is 13.1. The molecule has 2 aromatic carbocycles. The quantitative estimate of drug-likeness (QED) is 0.489. The third-order valence-electron chi connectivity index (χ3n) is 3.60. The van der Waals surface area contributed by atoms with Gasteiger partial charge in [-0.25, -0.2) is 4.98 Å². The van der Waals surface area contributed by atoms with Crippen LogP contribution in [0.3, 0.4) is 0 Å². The van der Waals surface area contributed by atoms with Crippen LogP contribution >= 0.6 is 11.3 Å². The molecule has 3 rings (SSSR count). The summed E-state index contributed by atoms with van der Waals surface area (Å²) in [6.45, 7) is 0.291. The number of nitro groups is 1. The number of ether oxygens (including phenoxy) is 2. The van der Waals surface area contributed by atoms with Crippen molar-refractivity contribution in [1.82, 2.24) is 4.98 Å². The second-order valence-corrected chi connectivity index (χ2v) is 6.11. The Kier molecular flexibility index (Phi) is 5.62. The first kappa shape index (κ1) is 18.3. The van der Waals surface area contributed by atoms with E-state index < -0.39 is 10.8 Å². The van der Waals surface area contributed by atoms with Crippen molar-refractivity contribution in [2.45, 2.75) is 6.61 Å². The highest BCUT2D eigenvalue weighted by molar-refractivity contribution is 7.07. The van der Waals surface area contributed by atoms with Gasteiger partial charge in [0.1, 0.15) is 6.61 Å². The van der Waals surface area contributed by atoms with Crippen LogP contribution in [0, 0.1) is 10.1 Å². The average molecular weight is 385 g/mol. The van der Waals surface area contributed by atoms with Crippen molar-refractivity contribution in [3.8, 4) is 11.5 Å². The number of nitrogens with one attached hydrogen (secondary N) is 1. The van der Waals surface area contributed by atoms with Gasteiger partial charge in [0, 0.05) is 28.8 Å². The largest absolute Gasteiger partial charge is 0.493 e. The molecule has 9 heteroatoms. The number of hydrogen-bond acceptors (Lipinski definition) is 7. The summed E-state index contributed by atoms with van der Waals surface area (Å²) in [7, 11) is 1.48. The summed E-state index contributed by atoms with van der Waals surface area (Å²) in [6.07, 6.45) is 0. The number of thiazole rings is 1. The molecule has 0 fully saturated rings. The van der Waals surface area contributed by atoms with Gasteiger partial charge in [-0.2, -0.15) is 0 Å². The normalized spacial score (nSPS) is 10.3. The predicted molar refractivity (Wildman–Crippen MR) is 100 cm³/mol. The fraction of sp³-hybridized carbons (Fsp3) is 0.111. The molecule has 0 aliphatic carbocycles. The molecular weight excluding hydrogens is 370 g/mol. The summed E-state index contributed by atoms with van der Waals surface area (Å²) in [5, 5.41) is 15.3. The Morgan fingerprint density at radius 1 is 1.26 bits per heavy atom. The van der Waals surface area contributed by atoms with Crippen LogP contribution in [0.1, 0.15) is 16.1 Å². The number of carbonyl (C=O) groups is 1. The van der Waals surface area contributed by atoms with Crippen molar-refractivity contribution in [2.75, 3.05) is 12.4 Å². The highest BCUT2D eigenvalue weighted by atomic mass is 32.1. The molecule has 0 saturated carbocycles. The Balaban J connectivity index is 1.73. The van der Waals surface area contributed by atoms with E-state index in [4.69, 9.17) is 9.47 Å². The first-order valence-corrected chi connectivity index (χ1v) is 8.75. The molecule has 1 heterocycles. The average Bonchev–Trinajstić information content (AvgIpc) is 3.20. The molecule has 0 bridgehead atoms. The Morgan fingerprint density at radius 2 is 2.11 bits per heavy atom. The van der Waals surface area contributed by atoms with Crippen molar-refractivity contribution in [1.29, 1.82) is 0 Å². The Labute approximate surface area is 158 Å². The number of hydrogen-bond donors (Lipinski definition) is 1. The Hall–Kier alpha value is -3.46. The molecule has 0 saturated heterocycles. The van der Waals surface area contributed by atoms with Gasteiger partial charge in [0.05, 0.1) is 23.2 Å². The molecule has 1 N–H and O–H groups in total. The number of aromatic nitrogens is 1. The molecule has 0 radical (unpaired) electrons. The fourth-order valence-electron chi connectivity index (χ4n) is 2.29. The van der Waals surface area contributed by atoms with Crippen molar-refractivity contribution < 1.29 is 19.2 Å². The van der Waals surface area contributed by atoms with E-state index in [0.29, 0.717) is 29.4 Å². The summed E-state index contributed by atoms with van der Waals surface area (Å²) >= 11 is 1.48. The predicted octanol–water partition coefficient (Wildman–Crippen LogP) is 3.89. The van der Waals surface area contributed by atoms with Gasteiger partial charge in [0.25, 0.3) is 11.6 Å². The standard InChI is InChI=1S/C18H15N3O5S/c1-25-17-7-12(5-6-16(17)26-9-14-10-27-11-19-14)18(22)20-13-3-2-4-15(8-13)21(23)24/h2-8,10-11H,9H2,1H3,(H,20,22). The lowest BCUT2D eigenvalue weighted by Crippen LogP contribution is -2.12. The van der Waals surface area contributed by atoms with Crippen LogP contribution in [0.25, 0.3) is 0 Å². The Bertz CT molecular complexity index is 959. The van der Waals surface area contributed by atoms with E-state index in [1.54, 1.807) is 29.8 Å². The third-order valence-corrected chi connectivity index (χ3v) is 4.23. The number of rotatable bonds is 7. The zero-order valence-electron chi connectivity index (χ0n) is 14.2. The number of amides is 1. The summed E-state index contributed by atoms with van der Waals surface area (Å²) in [4.78, 5) is 26.9. The van der Waals surface area contributed by atoms with E-state index >= 15 is 0 Å². The summed E-state index contributed by atoms with van der Waals surface area (Å²) in [6, 6.07) is 10.5. The topological polar surface area (TPSA) is 104 Å². The van der Waals surface area contributed by atoms with Gasteiger partial charge in [-0.3, -0.25) is 14.9 Å². The number of methoxy groups -OCH3 is 1. The molecule has 27 heavy (non-hydrogen) atoms. The van der Waals surface area contributed by atoms with Gasteiger partial charge in [-0.05, 0) is 24.3 Å². The molecule has 0 unspecified atom stereocenters. The van der Waals surface area contributed by atoms with Crippen LogP contribution < -0.4 is 14.8 Å². The van der Waals surface area contributed by atoms with E-state index in [1.165, 1.54) is 36.6 Å². The van der Waals surface area contributed by atoms with Gasteiger partial charge in [-0.15, -0.1) is 11.3 Å². The molecule has 138 valence electrons. The van der Waals surface area contributed by atoms with Gasteiger partial charge in [-0.1, -0.05) is 6.07 Å². The SMILES string of the molecule is COc1cc(C(=O)Nc2cccc([N+](=O)[O-])c2)ccc1OCc1cscn1. The number of carbonyl (C=O) groups excluding carboxylic acids is 1. The lowest BCUT2D eigenvalue weighted by atomic mass is 10.1. The van der Waals surface area contributed by atoms with Crippen molar-refractivity contribution in [2.24, 2.45) is 0 Å². The Morgan fingerprint density at radius 3 is 2.81 bits per heavy atom. The van der Waals surface area contributed by atoms with Crippen LogP contribution in [0.4, 0.5) is 11.4 Å². The van der Waals surface area contributed by atoms with E-state index in [1.807, 2.05) is 5.38 Å². The zero-order valence-corrected chi connectivity index (χ0v) is 15.1. The van der Waals surface area contributed by atoms with Gasteiger partial charge in [0.2, 0.25) is 0 Å². The summed E-state index contributed by atoms with van der Waals surface area (Å²) in [5.41, 5.74) is 3.08. The van der Waals surface area contributed by atoms with Crippen LogP contribution in [0.15, 0.2) is 53.4 Å². The van der Waals surface area contributed by atoms with Crippen molar-refractivity contribution in [3.05, 3.63) is 74.7 Å². The highest BCUT2D eigenvalue weighted by Crippen LogP contribution is 2.29. The number of nitro benzene ring substituents is 1. The van der Waals surface area contributed by atoms with E-state index in [-0.39, 0.29) is 5.69 Å². The van der Waals surface area contributed by atoms with E-state index in [0.717, 1.165) is 5.69 Å². The van der Waals surface area contributed by atoms with Gasteiger partial charge >= 0.3 is 0 Å². The maximum atomic E-state index is 12.4. The minimum Gasteiger partial charge on any atom is -0.493 e. The van der Waals surface area contributed by atoms with Crippen molar-refractivity contribution >= 4 is 28.6 Å². The highest BCUT2D eigenvalue weighted by Gasteiger charge is 2.13. The lowest BCUT2D eigenvalue weighted by molar-refractivity contribution is -0.384. The van der Waals surface area contributed by atoms with E-state index in [9.17, 15) is 14.9 Å². The van der Waals surface area contributed by atoms with Crippen LogP contribution in [-0.2, 0) is 6.61 Å². The van der Waals surface area contributed by atoms with Crippen LogP contribution in [0.5, 0.6) is 11.5 Å². The molecule has 1 aromatic heterocycles. The van der Waals surface area contributed by atoms with Gasteiger partial charge in [0.15, 0.2) is 11.5 Å². The van der Waals surface area contributed by atoms with Crippen LogP contribution in [-0.4, -0.2) is 22.9 Å². The van der Waals surface area contributed by atoms with Gasteiger partial charge < -0.3 is 14.8 Å². The second kappa shape index (κ2) is 8.28. The number of benzene rings is 2. The molecule has 0 atom stereocenters. The number of anilines is 1. The van der Waals surface area contributed by atoms with Crippen molar-refractivity contribution in [3.63, 3.8) is 0 Å². The minimum atomic E-state index is -0.521. The maximum absolute atomic E-state index is 12.4. The molecular formula is C18H15N3O5S. The molecule has 0 aliphatic rings. The first-order valence-electron chi connectivity index (χ1n) is 7.80.